The average Bonchev–Trinajstić information content (AvgIpc) is 3.15. The highest BCUT2D eigenvalue weighted by molar-refractivity contribution is 5.83. The van der Waals surface area contributed by atoms with Crippen molar-refractivity contribution in [2.75, 3.05) is 18.0 Å². The largest absolute Gasteiger partial charge is 0.371 e. The summed E-state index contributed by atoms with van der Waals surface area (Å²) in [5.74, 6) is 1.18. The molecule has 6 nitrogen and oxygen atoms in total. The molecular formula is C22H25FN6. The summed E-state index contributed by atoms with van der Waals surface area (Å²) >= 11 is 0. The number of benzene rings is 1. The number of fused-ring (bicyclic) bond motifs is 2. The third-order valence-corrected chi connectivity index (χ3v) is 4.70. The molecule has 0 aliphatic carbocycles. The van der Waals surface area contributed by atoms with E-state index >= 15 is 0 Å². The summed E-state index contributed by atoms with van der Waals surface area (Å²) in [6.45, 7) is 10.9. The maximum Gasteiger partial charge on any atom is 0.196 e. The van der Waals surface area contributed by atoms with E-state index in [1.807, 2.05) is 6.07 Å². The van der Waals surface area contributed by atoms with Crippen LogP contribution in [0.3, 0.4) is 0 Å². The fraction of sp³-hybridized carbons (Fsp3) is 0.364. The molecule has 0 amide bonds. The Balaban J connectivity index is 1.70. The summed E-state index contributed by atoms with van der Waals surface area (Å²) in [5.41, 5.74) is 2.78. The van der Waals surface area contributed by atoms with E-state index in [0.717, 1.165) is 24.0 Å². The van der Waals surface area contributed by atoms with Crippen molar-refractivity contribution < 1.29 is 4.39 Å². The standard InChI is InChI=1S/C22H25FN6/c1-14(2)10-28(11-15(3)4)18-5-6-20-16(7-18)9-24-21(26-20)17-8-19(23)22-27-25-13-29(22)12-17/h5-9,12-15H,10-11H2,1-4H3. The molecule has 1 aromatic carbocycles. The lowest BCUT2D eigenvalue weighted by Crippen LogP contribution is -2.31. The number of rotatable bonds is 6. The van der Waals surface area contributed by atoms with Crippen molar-refractivity contribution in [3.63, 3.8) is 0 Å². The minimum absolute atomic E-state index is 0.189. The Morgan fingerprint density at radius 3 is 2.55 bits per heavy atom. The van der Waals surface area contributed by atoms with Crippen LogP contribution in [-0.2, 0) is 0 Å². The maximum absolute atomic E-state index is 14.2. The molecule has 7 heteroatoms. The summed E-state index contributed by atoms with van der Waals surface area (Å²) in [6, 6.07) is 7.64. The molecule has 0 radical (unpaired) electrons. The van der Waals surface area contributed by atoms with E-state index < -0.39 is 5.82 Å². The molecule has 4 aromatic rings. The van der Waals surface area contributed by atoms with E-state index in [1.165, 1.54) is 22.5 Å². The molecular weight excluding hydrogens is 367 g/mol. The average molecular weight is 392 g/mol. The van der Waals surface area contributed by atoms with E-state index in [9.17, 15) is 4.39 Å². The van der Waals surface area contributed by atoms with Gasteiger partial charge in [0.1, 0.15) is 6.33 Å². The number of nitrogens with zero attached hydrogens (tertiary/aromatic N) is 6. The van der Waals surface area contributed by atoms with Crippen LogP contribution in [0.4, 0.5) is 10.1 Å². The highest BCUT2D eigenvalue weighted by atomic mass is 19.1. The summed E-state index contributed by atoms with van der Waals surface area (Å²) in [5, 5.41) is 8.47. The molecule has 0 unspecified atom stereocenters. The number of pyridine rings is 1. The lowest BCUT2D eigenvalue weighted by molar-refractivity contribution is 0.553. The molecule has 3 aromatic heterocycles. The topological polar surface area (TPSA) is 59.2 Å². The van der Waals surface area contributed by atoms with Gasteiger partial charge in [0, 0.05) is 42.1 Å². The van der Waals surface area contributed by atoms with Crippen molar-refractivity contribution in [1.82, 2.24) is 24.6 Å². The van der Waals surface area contributed by atoms with Crippen LogP contribution in [0.25, 0.3) is 27.9 Å². The lowest BCUT2D eigenvalue weighted by atomic mass is 10.1. The Bertz CT molecular complexity index is 1140. The van der Waals surface area contributed by atoms with Gasteiger partial charge < -0.3 is 4.90 Å². The maximum atomic E-state index is 14.2. The number of hydrogen-bond acceptors (Lipinski definition) is 5. The predicted molar refractivity (Wildman–Crippen MR) is 113 cm³/mol. The van der Waals surface area contributed by atoms with Gasteiger partial charge >= 0.3 is 0 Å². The van der Waals surface area contributed by atoms with Gasteiger partial charge in [0.2, 0.25) is 0 Å². The van der Waals surface area contributed by atoms with E-state index in [1.54, 1.807) is 12.4 Å². The summed E-state index contributed by atoms with van der Waals surface area (Å²) < 4.78 is 15.8. The molecule has 0 spiro atoms. The van der Waals surface area contributed by atoms with Crippen LogP contribution in [0.15, 0.2) is 43.0 Å². The third-order valence-electron chi connectivity index (χ3n) is 4.70. The van der Waals surface area contributed by atoms with Crippen LogP contribution in [0, 0.1) is 17.7 Å². The van der Waals surface area contributed by atoms with Crippen LogP contribution < -0.4 is 4.90 Å². The number of aromatic nitrogens is 5. The molecule has 0 saturated carbocycles. The molecule has 0 fully saturated rings. The fourth-order valence-corrected chi connectivity index (χ4v) is 3.54. The van der Waals surface area contributed by atoms with Crippen molar-refractivity contribution >= 4 is 22.2 Å². The first-order chi connectivity index (χ1) is 13.9. The molecule has 0 N–H and O–H groups in total. The van der Waals surface area contributed by atoms with Crippen LogP contribution in [0.2, 0.25) is 0 Å². The molecule has 3 heterocycles. The highest BCUT2D eigenvalue weighted by Crippen LogP contribution is 2.25. The van der Waals surface area contributed by atoms with E-state index in [0.29, 0.717) is 23.2 Å². The van der Waals surface area contributed by atoms with Gasteiger partial charge in [0.15, 0.2) is 17.3 Å². The van der Waals surface area contributed by atoms with Gasteiger partial charge in [0.25, 0.3) is 0 Å². The Labute approximate surface area is 169 Å². The van der Waals surface area contributed by atoms with Crippen molar-refractivity contribution in [1.29, 1.82) is 0 Å². The first kappa shape index (κ1) is 19.2. The first-order valence-electron chi connectivity index (χ1n) is 9.91. The number of hydrogen-bond donors (Lipinski definition) is 0. The van der Waals surface area contributed by atoms with Gasteiger partial charge in [-0.2, -0.15) is 0 Å². The zero-order valence-electron chi connectivity index (χ0n) is 17.2. The van der Waals surface area contributed by atoms with Crippen LogP contribution in [0.1, 0.15) is 27.7 Å². The van der Waals surface area contributed by atoms with Crippen molar-refractivity contribution in [3.05, 3.63) is 48.8 Å². The Morgan fingerprint density at radius 1 is 1.07 bits per heavy atom. The van der Waals surface area contributed by atoms with Crippen molar-refractivity contribution in [2.24, 2.45) is 11.8 Å². The fourth-order valence-electron chi connectivity index (χ4n) is 3.54. The normalized spacial score (nSPS) is 11.8. The Kier molecular flexibility index (Phi) is 5.13. The first-order valence-corrected chi connectivity index (χ1v) is 9.91. The molecule has 4 rings (SSSR count). The molecule has 0 saturated heterocycles. The summed E-state index contributed by atoms with van der Waals surface area (Å²) in [4.78, 5) is 11.5. The number of anilines is 1. The Hall–Kier alpha value is -3.09. The minimum atomic E-state index is -0.447. The minimum Gasteiger partial charge on any atom is -0.371 e. The quantitative estimate of drug-likeness (QED) is 0.480. The monoisotopic (exact) mass is 392 g/mol. The van der Waals surface area contributed by atoms with E-state index in [2.05, 4.69) is 64.9 Å². The van der Waals surface area contributed by atoms with E-state index in [-0.39, 0.29) is 5.65 Å². The smallest absolute Gasteiger partial charge is 0.196 e. The van der Waals surface area contributed by atoms with Crippen molar-refractivity contribution in [2.45, 2.75) is 27.7 Å². The Morgan fingerprint density at radius 2 is 1.83 bits per heavy atom. The second kappa shape index (κ2) is 7.73. The third kappa shape index (κ3) is 4.04. The molecule has 150 valence electrons. The van der Waals surface area contributed by atoms with Crippen molar-refractivity contribution in [3.8, 4) is 11.4 Å². The van der Waals surface area contributed by atoms with Gasteiger partial charge in [0.05, 0.1) is 5.52 Å². The molecule has 0 aliphatic heterocycles. The zero-order chi connectivity index (χ0) is 20.5. The van der Waals surface area contributed by atoms with Gasteiger partial charge in [-0.05, 0) is 36.1 Å². The van der Waals surface area contributed by atoms with E-state index in [4.69, 9.17) is 0 Å². The van der Waals surface area contributed by atoms with Crippen LogP contribution >= 0.6 is 0 Å². The second-order valence-corrected chi connectivity index (χ2v) is 8.27. The van der Waals surface area contributed by atoms with Gasteiger partial charge in [-0.15, -0.1) is 10.2 Å². The molecule has 0 aliphatic rings. The summed E-state index contributed by atoms with van der Waals surface area (Å²) in [6.07, 6.45) is 5.01. The zero-order valence-corrected chi connectivity index (χ0v) is 17.2. The van der Waals surface area contributed by atoms with Crippen LogP contribution in [-0.4, -0.2) is 37.7 Å². The number of halogens is 1. The molecule has 0 atom stereocenters. The van der Waals surface area contributed by atoms with Crippen LogP contribution in [0.5, 0.6) is 0 Å². The van der Waals surface area contributed by atoms with Gasteiger partial charge in [-0.25, -0.2) is 14.4 Å². The van der Waals surface area contributed by atoms with Gasteiger partial charge in [-0.3, -0.25) is 4.40 Å². The molecule has 29 heavy (non-hydrogen) atoms. The summed E-state index contributed by atoms with van der Waals surface area (Å²) in [7, 11) is 0. The second-order valence-electron chi connectivity index (χ2n) is 8.27. The lowest BCUT2D eigenvalue weighted by Gasteiger charge is -2.28. The molecule has 0 bridgehead atoms. The predicted octanol–water partition coefficient (Wildman–Crippen LogP) is 4.60. The van der Waals surface area contributed by atoms with Gasteiger partial charge in [-0.1, -0.05) is 27.7 Å². The highest BCUT2D eigenvalue weighted by Gasteiger charge is 2.13. The SMILES string of the molecule is CC(C)CN(CC(C)C)c1ccc2nc(-c3cc(F)c4nncn4c3)ncc2c1.